The molecule has 0 aliphatic carbocycles. The van der Waals surface area contributed by atoms with E-state index in [1.807, 2.05) is 26.0 Å². The van der Waals surface area contributed by atoms with Crippen LogP contribution >= 0.6 is 0 Å². The van der Waals surface area contributed by atoms with Crippen LogP contribution in [0, 0.1) is 6.92 Å². The summed E-state index contributed by atoms with van der Waals surface area (Å²) in [7, 11) is -3.42. The second-order valence-electron chi connectivity index (χ2n) is 5.28. The van der Waals surface area contributed by atoms with Crippen LogP contribution in [-0.2, 0) is 10.0 Å². The van der Waals surface area contributed by atoms with Crippen LogP contribution in [0.1, 0.15) is 31.7 Å². The maximum atomic E-state index is 12.3. The SMILES string of the molecule is Cc1ccc(S(=O)(=O)NC(C)C2CCCCN2)cc1. The first-order valence-corrected chi connectivity index (χ1v) is 8.30. The second kappa shape index (κ2) is 6.03. The molecule has 1 aromatic rings. The molecule has 0 amide bonds. The van der Waals surface area contributed by atoms with Gasteiger partial charge in [-0.2, -0.15) is 0 Å². The third kappa shape index (κ3) is 3.78. The van der Waals surface area contributed by atoms with Crippen molar-refractivity contribution in [2.24, 2.45) is 0 Å². The van der Waals surface area contributed by atoms with Crippen LogP contribution in [0.4, 0.5) is 0 Å². The molecule has 0 aromatic heterocycles. The zero-order chi connectivity index (χ0) is 13.9. The number of piperidine rings is 1. The molecule has 4 nitrogen and oxygen atoms in total. The van der Waals surface area contributed by atoms with Crippen molar-refractivity contribution in [3.63, 3.8) is 0 Å². The van der Waals surface area contributed by atoms with E-state index in [-0.39, 0.29) is 12.1 Å². The Morgan fingerprint density at radius 3 is 2.53 bits per heavy atom. The molecule has 2 unspecified atom stereocenters. The van der Waals surface area contributed by atoms with E-state index in [0.717, 1.165) is 24.9 Å². The first-order chi connectivity index (χ1) is 8.99. The van der Waals surface area contributed by atoms with Crippen molar-refractivity contribution in [2.45, 2.75) is 50.1 Å². The van der Waals surface area contributed by atoms with E-state index in [1.165, 1.54) is 6.42 Å². The number of benzene rings is 1. The average molecular weight is 282 g/mol. The lowest BCUT2D eigenvalue weighted by Crippen LogP contribution is -2.50. The van der Waals surface area contributed by atoms with E-state index in [1.54, 1.807) is 12.1 Å². The van der Waals surface area contributed by atoms with Gasteiger partial charge < -0.3 is 5.32 Å². The Hall–Kier alpha value is -0.910. The average Bonchev–Trinajstić information content (AvgIpc) is 2.40. The molecule has 1 fully saturated rings. The van der Waals surface area contributed by atoms with Gasteiger partial charge in [-0.3, -0.25) is 0 Å². The third-order valence-corrected chi connectivity index (χ3v) is 5.20. The normalized spacial score (nSPS) is 22.1. The minimum absolute atomic E-state index is 0.0911. The summed E-state index contributed by atoms with van der Waals surface area (Å²) in [6.45, 7) is 4.84. The van der Waals surface area contributed by atoms with Crippen LogP contribution in [0.15, 0.2) is 29.2 Å². The molecule has 0 radical (unpaired) electrons. The lowest BCUT2D eigenvalue weighted by atomic mass is 10.00. The van der Waals surface area contributed by atoms with Crippen molar-refractivity contribution in [3.8, 4) is 0 Å². The number of aryl methyl sites for hydroxylation is 1. The Morgan fingerprint density at radius 1 is 1.26 bits per heavy atom. The first-order valence-electron chi connectivity index (χ1n) is 6.81. The van der Waals surface area contributed by atoms with Gasteiger partial charge in [0.2, 0.25) is 10.0 Å². The summed E-state index contributed by atoms with van der Waals surface area (Å²) in [4.78, 5) is 0.334. The Bertz CT molecular complexity index is 505. The van der Waals surface area contributed by atoms with E-state index in [2.05, 4.69) is 10.0 Å². The molecule has 1 aliphatic rings. The molecule has 0 bridgehead atoms. The van der Waals surface area contributed by atoms with Gasteiger partial charge in [0.25, 0.3) is 0 Å². The van der Waals surface area contributed by atoms with Crippen molar-refractivity contribution >= 4 is 10.0 Å². The van der Waals surface area contributed by atoms with Crippen molar-refractivity contribution in [2.75, 3.05) is 6.54 Å². The number of nitrogens with one attached hydrogen (secondary N) is 2. The number of hydrogen-bond donors (Lipinski definition) is 2. The summed E-state index contributed by atoms with van der Waals surface area (Å²) in [5.74, 6) is 0. The Kier molecular flexibility index (Phi) is 4.60. The monoisotopic (exact) mass is 282 g/mol. The van der Waals surface area contributed by atoms with Gasteiger partial charge in [-0.15, -0.1) is 0 Å². The molecular weight excluding hydrogens is 260 g/mol. The van der Waals surface area contributed by atoms with Crippen LogP contribution in [0.2, 0.25) is 0 Å². The van der Waals surface area contributed by atoms with E-state index in [4.69, 9.17) is 0 Å². The van der Waals surface area contributed by atoms with Gasteiger partial charge in [0.1, 0.15) is 0 Å². The smallest absolute Gasteiger partial charge is 0.240 e. The molecule has 0 spiro atoms. The van der Waals surface area contributed by atoms with Crippen molar-refractivity contribution < 1.29 is 8.42 Å². The molecule has 2 rings (SSSR count). The summed E-state index contributed by atoms with van der Waals surface area (Å²) in [5, 5.41) is 3.38. The highest BCUT2D eigenvalue weighted by Gasteiger charge is 2.24. The van der Waals surface area contributed by atoms with Crippen LogP contribution in [0.5, 0.6) is 0 Å². The van der Waals surface area contributed by atoms with Crippen LogP contribution in [0.3, 0.4) is 0 Å². The number of sulfonamides is 1. The fraction of sp³-hybridized carbons (Fsp3) is 0.571. The van der Waals surface area contributed by atoms with Gasteiger partial charge >= 0.3 is 0 Å². The lowest BCUT2D eigenvalue weighted by Gasteiger charge is -2.29. The maximum absolute atomic E-state index is 12.3. The molecule has 1 aromatic carbocycles. The minimum atomic E-state index is -3.42. The van der Waals surface area contributed by atoms with Gasteiger partial charge in [-0.25, -0.2) is 13.1 Å². The molecule has 2 atom stereocenters. The quantitative estimate of drug-likeness (QED) is 0.885. The lowest BCUT2D eigenvalue weighted by molar-refractivity contribution is 0.347. The van der Waals surface area contributed by atoms with Gasteiger partial charge in [0.15, 0.2) is 0 Å². The zero-order valence-electron chi connectivity index (χ0n) is 11.5. The summed E-state index contributed by atoms with van der Waals surface area (Å²) in [5.41, 5.74) is 1.06. The van der Waals surface area contributed by atoms with E-state index < -0.39 is 10.0 Å². The molecule has 2 N–H and O–H groups in total. The molecular formula is C14H22N2O2S. The highest BCUT2D eigenvalue weighted by molar-refractivity contribution is 7.89. The first kappa shape index (κ1) is 14.5. The third-order valence-electron chi connectivity index (χ3n) is 3.62. The van der Waals surface area contributed by atoms with Crippen LogP contribution < -0.4 is 10.0 Å². The molecule has 1 heterocycles. The van der Waals surface area contributed by atoms with Crippen molar-refractivity contribution in [1.82, 2.24) is 10.0 Å². The summed E-state index contributed by atoms with van der Waals surface area (Å²) >= 11 is 0. The fourth-order valence-corrected chi connectivity index (χ4v) is 3.70. The number of rotatable bonds is 4. The van der Waals surface area contributed by atoms with Crippen LogP contribution in [-0.4, -0.2) is 27.0 Å². The van der Waals surface area contributed by atoms with Crippen molar-refractivity contribution in [3.05, 3.63) is 29.8 Å². The molecule has 5 heteroatoms. The summed E-state index contributed by atoms with van der Waals surface area (Å²) in [6, 6.07) is 7.08. The predicted molar refractivity (Wildman–Crippen MR) is 76.6 cm³/mol. The maximum Gasteiger partial charge on any atom is 0.240 e. The second-order valence-corrected chi connectivity index (χ2v) is 6.99. The zero-order valence-corrected chi connectivity index (χ0v) is 12.3. The molecule has 106 valence electrons. The van der Waals surface area contributed by atoms with E-state index in [0.29, 0.717) is 4.90 Å². The topological polar surface area (TPSA) is 58.2 Å². The van der Waals surface area contributed by atoms with Crippen LogP contribution in [0.25, 0.3) is 0 Å². The summed E-state index contributed by atoms with van der Waals surface area (Å²) in [6.07, 6.45) is 3.36. The van der Waals surface area contributed by atoms with E-state index in [9.17, 15) is 8.42 Å². The standard InChI is InChI=1S/C14H22N2O2S/c1-11-6-8-13(9-7-11)19(17,18)16-12(2)14-5-3-4-10-15-14/h6-9,12,14-16H,3-5,10H2,1-2H3. The largest absolute Gasteiger partial charge is 0.312 e. The van der Waals surface area contributed by atoms with Gasteiger partial charge in [0.05, 0.1) is 4.90 Å². The Labute approximate surface area is 115 Å². The van der Waals surface area contributed by atoms with Gasteiger partial charge in [-0.1, -0.05) is 24.1 Å². The van der Waals surface area contributed by atoms with Crippen molar-refractivity contribution in [1.29, 1.82) is 0 Å². The Morgan fingerprint density at radius 2 is 1.95 bits per heavy atom. The highest BCUT2D eigenvalue weighted by Crippen LogP contribution is 2.14. The van der Waals surface area contributed by atoms with Gasteiger partial charge in [0, 0.05) is 12.1 Å². The van der Waals surface area contributed by atoms with E-state index >= 15 is 0 Å². The number of hydrogen-bond acceptors (Lipinski definition) is 3. The fourth-order valence-electron chi connectivity index (χ4n) is 2.42. The van der Waals surface area contributed by atoms with Gasteiger partial charge in [-0.05, 0) is 45.4 Å². The molecule has 1 saturated heterocycles. The molecule has 0 saturated carbocycles. The highest BCUT2D eigenvalue weighted by atomic mass is 32.2. The molecule has 19 heavy (non-hydrogen) atoms. The summed E-state index contributed by atoms with van der Waals surface area (Å²) < 4.78 is 27.3. The minimum Gasteiger partial charge on any atom is -0.312 e. The molecule has 1 aliphatic heterocycles. The predicted octanol–water partition coefficient (Wildman–Crippen LogP) is 1.80. The Balaban J connectivity index is 2.05.